The van der Waals surface area contributed by atoms with Crippen LogP contribution in [0.1, 0.15) is 5.56 Å². The number of pyridine rings is 1. The van der Waals surface area contributed by atoms with Crippen LogP contribution in [0, 0.1) is 10.1 Å². The average molecular weight is 247 g/mol. The minimum atomic E-state index is -0.509. The predicted octanol–water partition coefficient (Wildman–Crippen LogP) is 1.29. The topological polar surface area (TPSA) is 76.3 Å². The molecule has 0 bridgehead atoms. The van der Waals surface area contributed by atoms with E-state index in [0.717, 1.165) is 0 Å². The molecule has 0 saturated heterocycles. The van der Waals surface area contributed by atoms with E-state index in [-0.39, 0.29) is 18.7 Å². The fraction of sp³-hybridized carbons (Fsp3) is 0.286. The summed E-state index contributed by atoms with van der Waals surface area (Å²) >= 11 is 3.10. The van der Waals surface area contributed by atoms with Crippen molar-refractivity contribution in [1.82, 2.24) is 4.98 Å². The molecule has 0 aliphatic heterocycles. The molecule has 5 nitrogen and oxygen atoms in total. The number of aromatic nitrogens is 1. The third-order valence-corrected chi connectivity index (χ3v) is 1.94. The number of nitro groups is 1. The Bertz CT molecular complexity index is 330. The normalized spacial score (nSPS) is 10.0. The van der Waals surface area contributed by atoms with Crippen molar-refractivity contribution >= 4 is 21.6 Å². The Kier molecular flexibility index (Phi) is 3.32. The van der Waals surface area contributed by atoms with Crippen molar-refractivity contribution in [2.75, 3.05) is 6.61 Å². The molecule has 0 aliphatic rings. The molecule has 1 N–H and O–H groups in total. The maximum absolute atomic E-state index is 10.5. The van der Waals surface area contributed by atoms with Crippen molar-refractivity contribution < 1.29 is 10.0 Å². The van der Waals surface area contributed by atoms with Crippen molar-refractivity contribution in [3.63, 3.8) is 0 Å². The summed E-state index contributed by atoms with van der Waals surface area (Å²) in [7, 11) is 0. The molecule has 0 aromatic carbocycles. The van der Waals surface area contributed by atoms with Crippen molar-refractivity contribution in [3.05, 3.63) is 32.5 Å². The van der Waals surface area contributed by atoms with Gasteiger partial charge < -0.3 is 5.11 Å². The van der Waals surface area contributed by atoms with Gasteiger partial charge in [-0.2, -0.15) is 0 Å². The smallest absolute Gasteiger partial charge is 0.290 e. The third-order valence-electron chi connectivity index (χ3n) is 1.51. The van der Waals surface area contributed by atoms with Gasteiger partial charge in [-0.25, -0.2) is 4.98 Å². The Morgan fingerprint density at radius 3 is 2.92 bits per heavy atom. The summed E-state index contributed by atoms with van der Waals surface area (Å²) in [4.78, 5) is 13.7. The Labute approximate surface area is 82.7 Å². The Morgan fingerprint density at radius 1 is 1.69 bits per heavy atom. The van der Waals surface area contributed by atoms with Gasteiger partial charge in [0, 0.05) is 18.6 Å². The molecular formula is C7H7BrN2O3. The molecule has 0 aliphatic carbocycles. The van der Waals surface area contributed by atoms with Gasteiger partial charge >= 0.3 is 0 Å². The van der Waals surface area contributed by atoms with Crippen molar-refractivity contribution in [1.29, 1.82) is 0 Å². The Morgan fingerprint density at radius 2 is 2.38 bits per heavy atom. The third kappa shape index (κ3) is 2.46. The van der Waals surface area contributed by atoms with E-state index in [0.29, 0.717) is 10.2 Å². The number of halogens is 1. The fourth-order valence-electron chi connectivity index (χ4n) is 0.946. The lowest BCUT2D eigenvalue weighted by Gasteiger charge is -1.99. The van der Waals surface area contributed by atoms with Crippen LogP contribution in [0.5, 0.6) is 0 Å². The molecule has 70 valence electrons. The Balaban J connectivity index is 3.10. The van der Waals surface area contributed by atoms with Crippen LogP contribution in [0.2, 0.25) is 0 Å². The molecule has 13 heavy (non-hydrogen) atoms. The minimum Gasteiger partial charge on any atom is -0.396 e. The van der Waals surface area contributed by atoms with Gasteiger partial charge in [0.1, 0.15) is 10.8 Å². The lowest BCUT2D eigenvalue weighted by Crippen LogP contribution is -1.99. The molecule has 6 heteroatoms. The van der Waals surface area contributed by atoms with Crippen molar-refractivity contribution in [2.24, 2.45) is 0 Å². The summed E-state index contributed by atoms with van der Waals surface area (Å²) in [6.45, 7) is -0.114. The van der Waals surface area contributed by atoms with Crippen LogP contribution in [0.25, 0.3) is 0 Å². The van der Waals surface area contributed by atoms with Gasteiger partial charge in [0.25, 0.3) is 5.69 Å². The van der Waals surface area contributed by atoms with Gasteiger partial charge in [0.2, 0.25) is 0 Å². The summed E-state index contributed by atoms with van der Waals surface area (Å²) in [5.41, 5.74) is 0.423. The molecule has 1 rings (SSSR count). The van der Waals surface area contributed by atoms with Crippen LogP contribution in [-0.4, -0.2) is 21.6 Å². The monoisotopic (exact) mass is 246 g/mol. The molecule has 0 saturated carbocycles. The predicted molar refractivity (Wildman–Crippen MR) is 49.4 cm³/mol. The van der Waals surface area contributed by atoms with Crippen LogP contribution in [0.15, 0.2) is 16.9 Å². The van der Waals surface area contributed by atoms with Crippen LogP contribution in [-0.2, 0) is 6.42 Å². The summed E-state index contributed by atoms with van der Waals surface area (Å²) < 4.78 is 0.529. The molecule has 1 aromatic rings. The van der Waals surface area contributed by atoms with Gasteiger partial charge in [0.05, 0.1) is 4.92 Å². The first kappa shape index (κ1) is 10.1. The molecule has 1 heterocycles. The van der Waals surface area contributed by atoms with E-state index >= 15 is 0 Å². The summed E-state index contributed by atoms with van der Waals surface area (Å²) in [5, 5.41) is 19.1. The molecule has 0 atom stereocenters. The van der Waals surface area contributed by atoms with E-state index < -0.39 is 4.92 Å². The fourth-order valence-corrected chi connectivity index (χ4v) is 1.32. The van der Waals surface area contributed by atoms with E-state index in [9.17, 15) is 10.1 Å². The minimum absolute atomic E-state index is 0.0581. The first-order valence-electron chi connectivity index (χ1n) is 3.55. The lowest BCUT2D eigenvalue weighted by atomic mass is 10.2. The maximum atomic E-state index is 10.5. The second-order valence-electron chi connectivity index (χ2n) is 2.37. The maximum Gasteiger partial charge on any atom is 0.290 e. The van der Waals surface area contributed by atoms with Crippen molar-refractivity contribution in [2.45, 2.75) is 6.42 Å². The van der Waals surface area contributed by atoms with Gasteiger partial charge in [-0.3, -0.25) is 10.1 Å². The van der Waals surface area contributed by atoms with E-state index in [1.54, 1.807) is 0 Å². The molecular weight excluding hydrogens is 240 g/mol. The highest BCUT2D eigenvalue weighted by Crippen LogP contribution is 2.20. The second-order valence-corrected chi connectivity index (χ2v) is 3.18. The zero-order chi connectivity index (χ0) is 9.84. The molecule has 0 fully saturated rings. The quantitative estimate of drug-likeness (QED) is 0.496. The summed E-state index contributed by atoms with van der Waals surface area (Å²) in [6.07, 6.45) is 1.44. The number of rotatable bonds is 3. The number of hydrogen-bond acceptors (Lipinski definition) is 4. The van der Waals surface area contributed by atoms with Gasteiger partial charge in [-0.05, 0) is 22.0 Å². The van der Waals surface area contributed by atoms with E-state index in [4.69, 9.17) is 5.11 Å². The molecule has 0 unspecified atom stereocenters. The van der Waals surface area contributed by atoms with E-state index in [1.165, 1.54) is 12.3 Å². The Hall–Kier alpha value is -1.01. The van der Waals surface area contributed by atoms with E-state index in [1.807, 2.05) is 0 Å². The highest BCUT2D eigenvalue weighted by molar-refractivity contribution is 9.10. The highest BCUT2D eigenvalue weighted by atomic mass is 79.9. The highest BCUT2D eigenvalue weighted by Gasteiger charge is 2.13. The number of hydrogen-bond donors (Lipinski definition) is 1. The summed E-state index contributed by atoms with van der Waals surface area (Å²) in [6, 6.07) is 1.54. The molecule has 0 spiro atoms. The summed E-state index contributed by atoms with van der Waals surface area (Å²) in [5.74, 6) is 0. The van der Waals surface area contributed by atoms with Gasteiger partial charge in [0.15, 0.2) is 0 Å². The van der Waals surface area contributed by atoms with Crippen LogP contribution < -0.4 is 0 Å². The van der Waals surface area contributed by atoms with Crippen molar-refractivity contribution in [3.8, 4) is 0 Å². The molecule has 0 radical (unpaired) electrons. The van der Waals surface area contributed by atoms with Gasteiger partial charge in [-0.1, -0.05) is 0 Å². The standard InChI is InChI=1S/C7H7BrN2O3/c8-7-3-5(1-2-11)6(4-9-7)10(12)13/h3-4,11H,1-2H2. The zero-order valence-corrected chi connectivity index (χ0v) is 8.19. The van der Waals surface area contributed by atoms with Crippen LogP contribution in [0.4, 0.5) is 5.69 Å². The second kappa shape index (κ2) is 4.29. The largest absolute Gasteiger partial charge is 0.396 e. The zero-order valence-electron chi connectivity index (χ0n) is 6.61. The molecule has 1 aromatic heterocycles. The van der Waals surface area contributed by atoms with Crippen LogP contribution in [0.3, 0.4) is 0 Å². The van der Waals surface area contributed by atoms with E-state index in [2.05, 4.69) is 20.9 Å². The van der Waals surface area contributed by atoms with Gasteiger partial charge in [-0.15, -0.1) is 0 Å². The average Bonchev–Trinajstić information content (AvgIpc) is 2.04. The first-order chi connectivity index (χ1) is 6.15. The molecule has 0 amide bonds. The lowest BCUT2D eigenvalue weighted by molar-refractivity contribution is -0.385. The first-order valence-corrected chi connectivity index (χ1v) is 4.34. The number of aliphatic hydroxyl groups is 1. The SMILES string of the molecule is O=[N+]([O-])c1cnc(Br)cc1CCO. The number of nitrogens with zero attached hydrogens (tertiary/aromatic N) is 2. The van der Waals surface area contributed by atoms with Crippen LogP contribution >= 0.6 is 15.9 Å². The number of aliphatic hydroxyl groups excluding tert-OH is 1.